The molecule has 31 heavy (non-hydrogen) atoms. The second-order valence-electron chi connectivity index (χ2n) is 7.70. The molecule has 3 aliphatic heterocycles. The summed E-state index contributed by atoms with van der Waals surface area (Å²) in [5.41, 5.74) is 1.18. The molecule has 1 aromatic carbocycles. The van der Waals surface area contributed by atoms with Gasteiger partial charge in [-0.3, -0.25) is 14.4 Å². The molecule has 9 nitrogen and oxygen atoms in total. The van der Waals surface area contributed by atoms with Crippen molar-refractivity contribution in [3.63, 3.8) is 0 Å². The van der Waals surface area contributed by atoms with Crippen LogP contribution in [0.4, 0.5) is 5.00 Å². The van der Waals surface area contributed by atoms with Crippen LogP contribution in [-0.2, 0) is 20.9 Å². The lowest BCUT2D eigenvalue weighted by atomic mass is 9.79. The molecule has 162 valence electrons. The first-order chi connectivity index (χ1) is 15.0. The molecule has 5 rings (SSSR count). The third kappa shape index (κ3) is 3.61. The maximum atomic E-state index is 12.9. The SMILES string of the molecule is O=C(NCc1ccc2c(c1)OCO2)c1ccsc1NC(=O)[C@@H]1[C@@H](C(=O)O)[C@@H]2CC[C@H]1O2. The lowest BCUT2D eigenvalue weighted by Crippen LogP contribution is -2.41. The third-order valence-corrected chi connectivity index (χ3v) is 6.73. The van der Waals surface area contributed by atoms with Gasteiger partial charge in [0.15, 0.2) is 11.5 Å². The van der Waals surface area contributed by atoms with E-state index < -0.39 is 35.9 Å². The van der Waals surface area contributed by atoms with Crippen molar-refractivity contribution in [1.29, 1.82) is 0 Å². The predicted molar refractivity (Wildman–Crippen MR) is 109 cm³/mol. The molecule has 10 heteroatoms. The number of thiophene rings is 1. The standard InChI is InChI=1S/C21H20N2O7S/c24-18(22-8-10-1-2-12-15(7-10)29-9-28-12)11-5-6-31-20(11)23-19(25)16-13-3-4-14(30-13)17(16)21(26)27/h1-2,5-7,13-14,16-17H,3-4,8-9H2,(H,22,24)(H,23,25)(H,26,27)/t13-,14+,16+,17+/m1/s1. The van der Waals surface area contributed by atoms with Crippen molar-refractivity contribution in [1.82, 2.24) is 5.32 Å². The Kier molecular flexibility index (Phi) is 5.03. The van der Waals surface area contributed by atoms with E-state index in [0.717, 1.165) is 5.56 Å². The number of carboxylic acids is 1. The van der Waals surface area contributed by atoms with E-state index in [-0.39, 0.29) is 19.2 Å². The monoisotopic (exact) mass is 444 g/mol. The van der Waals surface area contributed by atoms with E-state index in [0.29, 0.717) is 34.9 Å². The molecule has 0 spiro atoms. The van der Waals surface area contributed by atoms with Gasteiger partial charge in [-0.05, 0) is 42.0 Å². The zero-order chi connectivity index (χ0) is 21.5. The molecule has 2 saturated heterocycles. The van der Waals surface area contributed by atoms with Gasteiger partial charge in [0.2, 0.25) is 12.7 Å². The number of carbonyl (C=O) groups excluding carboxylic acids is 2. The van der Waals surface area contributed by atoms with E-state index in [1.807, 2.05) is 6.07 Å². The molecule has 0 saturated carbocycles. The maximum absolute atomic E-state index is 12.9. The maximum Gasteiger partial charge on any atom is 0.310 e. The van der Waals surface area contributed by atoms with Crippen LogP contribution < -0.4 is 20.1 Å². The van der Waals surface area contributed by atoms with Gasteiger partial charge in [0.1, 0.15) is 5.00 Å². The number of hydrogen-bond acceptors (Lipinski definition) is 7. The fourth-order valence-electron chi connectivity index (χ4n) is 4.43. The molecule has 0 radical (unpaired) electrons. The molecule has 4 heterocycles. The molecule has 3 N–H and O–H groups in total. The number of anilines is 1. The summed E-state index contributed by atoms with van der Waals surface area (Å²) in [5.74, 6) is -2.11. The van der Waals surface area contributed by atoms with E-state index >= 15 is 0 Å². The molecule has 2 aromatic rings. The van der Waals surface area contributed by atoms with Crippen LogP contribution in [0.3, 0.4) is 0 Å². The quantitative estimate of drug-likeness (QED) is 0.624. The number of nitrogens with one attached hydrogen (secondary N) is 2. The largest absolute Gasteiger partial charge is 0.481 e. The van der Waals surface area contributed by atoms with Gasteiger partial charge in [-0.15, -0.1) is 11.3 Å². The third-order valence-electron chi connectivity index (χ3n) is 5.90. The Morgan fingerprint density at radius 3 is 2.65 bits per heavy atom. The highest BCUT2D eigenvalue weighted by molar-refractivity contribution is 7.14. The second-order valence-corrected chi connectivity index (χ2v) is 8.62. The van der Waals surface area contributed by atoms with Crippen LogP contribution in [0.25, 0.3) is 0 Å². The minimum Gasteiger partial charge on any atom is -0.481 e. The molecule has 3 aliphatic rings. The molecular weight excluding hydrogens is 424 g/mol. The zero-order valence-electron chi connectivity index (χ0n) is 16.3. The number of carboxylic acid groups (broad SMARTS) is 1. The summed E-state index contributed by atoms with van der Waals surface area (Å²) in [6.45, 7) is 0.458. The number of aliphatic carboxylic acids is 1. The number of amides is 2. The number of ether oxygens (including phenoxy) is 3. The summed E-state index contributed by atoms with van der Waals surface area (Å²) in [5, 5.41) is 17.2. The van der Waals surface area contributed by atoms with Crippen LogP contribution >= 0.6 is 11.3 Å². The Hall–Kier alpha value is -3.11. The minimum absolute atomic E-state index is 0.180. The van der Waals surface area contributed by atoms with Crippen molar-refractivity contribution in [3.05, 3.63) is 40.8 Å². The molecule has 0 unspecified atom stereocenters. The zero-order valence-corrected chi connectivity index (χ0v) is 17.1. The van der Waals surface area contributed by atoms with Gasteiger partial charge in [0, 0.05) is 6.54 Å². The highest BCUT2D eigenvalue weighted by Gasteiger charge is 2.55. The van der Waals surface area contributed by atoms with Crippen LogP contribution in [0.15, 0.2) is 29.6 Å². The summed E-state index contributed by atoms with van der Waals surface area (Å²) < 4.78 is 16.3. The summed E-state index contributed by atoms with van der Waals surface area (Å²) in [6, 6.07) is 7.06. The summed E-state index contributed by atoms with van der Waals surface area (Å²) in [4.78, 5) is 37.2. The Bertz CT molecular complexity index is 1050. The molecule has 2 fully saturated rings. The van der Waals surface area contributed by atoms with Crippen molar-refractivity contribution >= 4 is 34.1 Å². The molecule has 4 atom stereocenters. The number of benzene rings is 1. The van der Waals surface area contributed by atoms with E-state index in [1.165, 1.54) is 11.3 Å². The van der Waals surface area contributed by atoms with E-state index in [9.17, 15) is 19.5 Å². The van der Waals surface area contributed by atoms with Crippen molar-refractivity contribution in [2.24, 2.45) is 11.8 Å². The summed E-state index contributed by atoms with van der Waals surface area (Å²) >= 11 is 1.22. The minimum atomic E-state index is -1.03. The Morgan fingerprint density at radius 2 is 1.84 bits per heavy atom. The Labute approximate surface area is 181 Å². The number of carbonyl (C=O) groups is 3. The highest BCUT2D eigenvalue weighted by Crippen LogP contribution is 2.44. The smallest absolute Gasteiger partial charge is 0.310 e. The normalized spacial score (nSPS) is 25.4. The van der Waals surface area contributed by atoms with Gasteiger partial charge in [0.05, 0.1) is 29.6 Å². The summed E-state index contributed by atoms with van der Waals surface area (Å²) in [7, 11) is 0. The van der Waals surface area contributed by atoms with Crippen LogP contribution in [0.1, 0.15) is 28.8 Å². The van der Waals surface area contributed by atoms with E-state index in [2.05, 4.69) is 10.6 Å². The fraction of sp³-hybridized carbons (Fsp3) is 0.381. The van der Waals surface area contributed by atoms with Gasteiger partial charge in [-0.2, -0.15) is 0 Å². The van der Waals surface area contributed by atoms with E-state index in [4.69, 9.17) is 14.2 Å². The van der Waals surface area contributed by atoms with Crippen LogP contribution in [0, 0.1) is 11.8 Å². The first-order valence-corrected chi connectivity index (χ1v) is 10.8. The first-order valence-electron chi connectivity index (χ1n) is 9.94. The van der Waals surface area contributed by atoms with Crippen LogP contribution in [0.5, 0.6) is 11.5 Å². The van der Waals surface area contributed by atoms with Crippen LogP contribution in [0.2, 0.25) is 0 Å². The van der Waals surface area contributed by atoms with Gasteiger partial charge >= 0.3 is 5.97 Å². The highest BCUT2D eigenvalue weighted by atomic mass is 32.1. The van der Waals surface area contributed by atoms with Crippen molar-refractivity contribution < 1.29 is 33.7 Å². The molecule has 2 amide bonds. The lowest BCUT2D eigenvalue weighted by molar-refractivity contribution is -0.147. The topological polar surface area (TPSA) is 123 Å². The van der Waals surface area contributed by atoms with Crippen molar-refractivity contribution in [2.75, 3.05) is 12.1 Å². The predicted octanol–water partition coefficient (Wildman–Crippen LogP) is 2.22. The van der Waals surface area contributed by atoms with Gasteiger partial charge in [-0.1, -0.05) is 6.07 Å². The fourth-order valence-corrected chi connectivity index (χ4v) is 5.22. The first kappa shape index (κ1) is 19.8. The Balaban J connectivity index is 1.24. The Morgan fingerprint density at radius 1 is 1.06 bits per heavy atom. The van der Waals surface area contributed by atoms with Crippen LogP contribution in [-0.4, -0.2) is 41.9 Å². The second kappa shape index (κ2) is 7.86. The summed E-state index contributed by atoms with van der Waals surface area (Å²) in [6.07, 6.45) is 0.498. The van der Waals surface area contributed by atoms with Gasteiger partial charge in [-0.25, -0.2) is 0 Å². The average molecular weight is 444 g/mol. The molecule has 2 bridgehead atoms. The average Bonchev–Trinajstić information content (AvgIpc) is 3.54. The van der Waals surface area contributed by atoms with Gasteiger partial charge < -0.3 is 30.0 Å². The van der Waals surface area contributed by atoms with Crippen molar-refractivity contribution in [3.8, 4) is 11.5 Å². The van der Waals surface area contributed by atoms with E-state index in [1.54, 1.807) is 23.6 Å². The molecule has 1 aromatic heterocycles. The van der Waals surface area contributed by atoms with Gasteiger partial charge in [0.25, 0.3) is 5.91 Å². The molecule has 0 aliphatic carbocycles. The number of hydrogen-bond donors (Lipinski definition) is 3. The molecular formula is C21H20N2O7S. The number of fused-ring (bicyclic) bond motifs is 3. The lowest BCUT2D eigenvalue weighted by Gasteiger charge is -2.23. The van der Waals surface area contributed by atoms with Crippen molar-refractivity contribution in [2.45, 2.75) is 31.6 Å². The number of rotatable bonds is 6.